The van der Waals surface area contributed by atoms with E-state index in [-0.39, 0.29) is 0 Å². The van der Waals surface area contributed by atoms with Crippen LogP contribution in [-0.4, -0.2) is 39.9 Å². The zero-order valence-electron chi connectivity index (χ0n) is 23.2. The smallest absolute Gasteiger partial charge is 0.151 e. The van der Waals surface area contributed by atoms with Crippen molar-refractivity contribution in [2.45, 2.75) is 180 Å². The molecule has 0 radical (unpaired) electrons. The van der Waals surface area contributed by atoms with Gasteiger partial charge in [0, 0.05) is 13.2 Å². The van der Waals surface area contributed by atoms with E-state index in [2.05, 4.69) is 6.92 Å². The van der Waals surface area contributed by atoms with Gasteiger partial charge in [-0.25, -0.2) is 0 Å². The summed E-state index contributed by atoms with van der Waals surface area (Å²) >= 11 is 0. The first-order valence-corrected chi connectivity index (χ1v) is 15.3. The molecule has 0 spiro atoms. The van der Waals surface area contributed by atoms with Crippen LogP contribution in [-0.2, 0) is 0 Å². The van der Waals surface area contributed by atoms with E-state index in [0.717, 1.165) is 25.7 Å². The molecule has 0 aliphatic carbocycles. The molecular formula is C30H64O4. The van der Waals surface area contributed by atoms with Crippen LogP contribution < -0.4 is 0 Å². The lowest BCUT2D eigenvalue weighted by molar-refractivity contribution is -0.0466. The average Bonchev–Trinajstić information content (AvgIpc) is 2.83. The van der Waals surface area contributed by atoms with Crippen molar-refractivity contribution in [3.63, 3.8) is 0 Å². The maximum Gasteiger partial charge on any atom is 0.151 e. The molecule has 4 N–H and O–H groups in total. The lowest BCUT2D eigenvalue weighted by Crippen LogP contribution is -2.02. The Balaban J connectivity index is 0. The van der Waals surface area contributed by atoms with E-state index >= 15 is 0 Å². The van der Waals surface area contributed by atoms with Gasteiger partial charge in [-0.15, -0.1) is 0 Å². The molecule has 0 aromatic rings. The summed E-state index contributed by atoms with van der Waals surface area (Å²) in [5, 5.41) is 34.6. The molecule has 208 valence electrons. The van der Waals surface area contributed by atoms with Gasteiger partial charge in [0.1, 0.15) is 0 Å². The molecule has 0 aliphatic heterocycles. The summed E-state index contributed by atoms with van der Waals surface area (Å²) in [5.74, 6) is 0. The van der Waals surface area contributed by atoms with Gasteiger partial charge in [0.05, 0.1) is 0 Å². The summed E-state index contributed by atoms with van der Waals surface area (Å²) in [5.41, 5.74) is 0. The molecule has 0 saturated carbocycles. The molecule has 0 amide bonds. The zero-order chi connectivity index (χ0) is 25.4. The summed E-state index contributed by atoms with van der Waals surface area (Å²) in [6, 6.07) is 0. The van der Waals surface area contributed by atoms with Crippen molar-refractivity contribution in [2.24, 2.45) is 0 Å². The predicted molar refractivity (Wildman–Crippen MR) is 148 cm³/mol. The number of hydrogen-bond acceptors (Lipinski definition) is 4. The van der Waals surface area contributed by atoms with Crippen molar-refractivity contribution in [3.8, 4) is 0 Å². The van der Waals surface area contributed by atoms with E-state index in [1.807, 2.05) is 0 Å². The van der Waals surface area contributed by atoms with Gasteiger partial charge in [-0.3, -0.25) is 0 Å². The molecule has 0 saturated heterocycles. The van der Waals surface area contributed by atoms with Gasteiger partial charge in [-0.05, 0) is 25.7 Å². The Kier molecular flexibility index (Phi) is 37.1. The van der Waals surface area contributed by atoms with E-state index in [1.54, 1.807) is 0 Å². The maximum atomic E-state index is 8.65. The highest BCUT2D eigenvalue weighted by Gasteiger charge is 1.97. The van der Waals surface area contributed by atoms with Crippen LogP contribution >= 0.6 is 0 Å². The van der Waals surface area contributed by atoms with Gasteiger partial charge in [0.15, 0.2) is 6.29 Å². The van der Waals surface area contributed by atoms with E-state index < -0.39 is 6.29 Å². The van der Waals surface area contributed by atoms with Crippen LogP contribution in [0.1, 0.15) is 174 Å². The topological polar surface area (TPSA) is 80.9 Å². The first-order valence-electron chi connectivity index (χ1n) is 15.3. The minimum atomic E-state index is -1.10. The van der Waals surface area contributed by atoms with Crippen molar-refractivity contribution >= 4 is 0 Å². The third-order valence-corrected chi connectivity index (χ3v) is 6.63. The molecule has 0 aromatic heterocycles. The van der Waals surface area contributed by atoms with E-state index in [0.29, 0.717) is 19.6 Å². The maximum absolute atomic E-state index is 8.65. The van der Waals surface area contributed by atoms with Gasteiger partial charge in [0.2, 0.25) is 0 Å². The zero-order valence-corrected chi connectivity index (χ0v) is 23.2. The molecule has 0 fully saturated rings. The summed E-state index contributed by atoms with van der Waals surface area (Å²) in [6.07, 6.45) is 31.8. The minimum Gasteiger partial charge on any atom is -0.396 e. The molecule has 0 aliphatic rings. The van der Waals surface area contributed by atoms with Crippen LogP contribution in [0.15, 0.2) is 0 Å². The summed E-state index contributed by atoms with van der Waals surface area (Å²) in [4.78, 5) is 0. The van der Waals surface area contributed by atoms with Crippen LogP contribution in [0.5, 0.6) is 0 Å². The van der Waals surface area contributed by atoms with Crippen molar-refractivity contribution in [2.75, 3.05) is 13.2 Å². The molecule has 0 aromatic carbocycles. The number of hydrogen-bond donors (Lipinski definition) is 4. The first-order chi connectivity index (χ1) is 16.7. The summed E-state index contributed by atoms with van der Waals surface area (Å²) < 4.78 is 0. The minimum absolute atomic E-state index is 0.359. The second-order valence-electron chi connectivity index (χ2n) is 10.2. The van der Waals surface area contributed by atoms with Gasteiger partial charge in [0.25, 0.3) is 0 Å². The van der Waals surface area contributed by atoms with Crippen LogP contribution in [0.2, 0.25) is 0 Å². The third kappa shape index (κ3) is 39.1. The van der Waals surface area contributed by atoms with Crippen molar-refractivity contribution in [1.29, 1.82) is 0 Å². The first kappa shape index (κ1) is 36.0. The van der Waals surface area contributed by atoms with E-state index in [1.165, 1.54) is 135 Å². The second kappa shape index (κ2) is 35.0. The third-order valence-electron chi connectivity index (χ3n) is 6.63. The van der Waals surface area contributed by atoms with Crippen molar-refractivity contribution in [1.82, 2.24) is 0 Å². The van der Waals surface area contributed by atoms with E-state index in [4.69, 9.17) is 20.4 Å². The molecule has 0 atom stereocenters. The molecule has 0 rings (SSSR count). The molecule has 4 heteroatoms. The largest absolute Gasteiger partial charge is 0.396 e. The molecule has 0 unspecified atom stereocenters. The van der Waals surface area contributed by atoms with Gasteiger partial charge in [-0.1, -0.05) is 148 Å². The highest BCUT2D eigenvalue weighted by atomic mass is 16.5. The number of unbranched alkanes of at least 4 members (excludes halogenated alkanes) is 23. The molecule has 0 bridgehead atoms. The highest BCUT2D eigenvalue weighted by Crippen LogP contribution is 2.13. The van der Waals surface area contributed by atoms with Crippen LogP contribution in [0.4, 0.5) is 0 Å². The van der Waals surface area contributed by atoms with Crippen LogP contribution in [0, 0.1) is 0 Å². The number of aliphatic hydroxyl groups excluding tert-OH is 3. The normalized spacial score (nSPS) is 11.1. The Morgan fingerprint density at radius 2 is 0.588 bits per heavy atom. The fourth-order valence-corrected chi connectivity index (χ4v) is 4.34. The SMILES string of the molecule is CCCCCCCCCCCCCC(O)O.OCCCCCCCCCCCCCCCCO. The van der Waals surface area contributed by atoms with Crippen LogP contribution in [0.25, 0.3) is 0 Å². The average molecular weight is 489 g/mol. The molecular weight excluding hydrogens is 424 g/mol. The fraction of sp³-hybridized carbons (Fsp3) is 1.00. The molecule has 0 heterocycles. The Hall–Kier alpha value is -0.160. The highest BCUT2D eigenvalue weighted by molar-refractivity contribution is 4.50. The molecule has 4 nitrogen and oxygen atoms in total. The number of rotatable bonds is 27. The van der Waals surface area contributed by atoms with Crippen molar-refractivity contribution in [3.05, 3.63) is 0 Å². The number of aliphatic hydroxyl groups is 4. The Labute approximate surface area is 214 Å². The lowest BCUT2D eigenvalue weighted by atomic mass is 10.0. The summed E-state index contributed by atoms with van der Waals surface area (Å²) in [6.45, 7) is 2.97. The van der Waals surface area contributed by atoms with Gasteiger partial charge < -0.3 is 20.4 Å². The van der Waals surface area contributed by atoms with E-state index in [9.17, 15) is 0 Å². The standard InChI is InChI=1S/C16H34O2.C14H30O2/c17-15-13-11-9-7-5-3-1-2-4-6-8-10-12-14-16-18;1-2-3-4-5-6-7-8-9-10-11-12-13-14(15)16/h17-18H,1-16H2;14-16H,2-13H2,1H3. The second-order valence-corrected chi connectivity index (χ2v) is 10.2. The predicted octanol–water partition coefficient (Wildman–Crippen LogP) is 8.43. The Bertz CT molecular complexity index is 307. The lowest BCUT2D eigenvalue weighted by Gasteiger charge is -2.03. The van der Waals surface area contributed by atoms with Crippen LogP contribution in [0.3, 0.4) is 0 Å². The fourth-order valence-electron chi connectivity index (χ4n) is 4.34. The molecule has 34 heavy (non-hydrogen) atoms. The van der Waals surface area contributed by atoms with Gasteiger partial charge in [-0.2, -0.15) is 0 Å². The summed E-state index contributed by atoms with van der Waals surface area (Å²) in [7, 11) is 0. The van der Waals surface area contributed by atoms with Crippen molar-refractivity contribution < 1.29 is 20.4 Å². The quantitative estimate of drug-likeness (QED) is 0.0690. The Morgan fingerprint density at radius 3 is 0.824 bits per heavy atom. The van der Waals surface area contributed by atoms with Gasteiger partial charge >= 0.3 is 0 Å². The monoisotopic (exact) mass is 488 g/mol. The Morgan fingerprint density at radius 1 is 0.353 bits per heavy atom.